The zero-order valence-electron chi connectivity index (χ0n) is 32.4. The lowest BCUT2D eigenvalue weighted by molar-refractivity contribution is 0.768. The molecule has 11 rings (SSSR count). The molecule has 0 saturated heterocycles. The second kappa shape index (κ2) is 14.6. The van der Waals surface area contributed by atoms with Crippen LogP contribution in [0, 0.1) is 0 Å². The fraction of sp³-hybridized carbons (Fsp3) is 0.0175. The van der Waals surface area contributed by atoms with Gasteiger partial charge in [-0.2, -0.15) is 0 Å². The van der Waals surface area contributed by atoms with Crippen LogP contribution in [0.2, 0.25) is 0 Å². The summed E-state index contributed by atoms with van der Waals surface area (Å²) < 4.78 is 2.58. The average molecular weight is 770 g/mol. The SMILES string of the molecule is C(=C\c1ccc2c(c1)sc1cc(N(c3ccccc3)c3ccccc3)ccc12)/c1ccc(-c2cccc3c2-c2ccccc2C3(c2ccccc2)c2ccccc2)cc1. The lowest BCUT2D eigenvalue weighted by Crippen LogP contribution is -2.28. The zero-order valence-corrected chi connectivity index (χ0v) is 33.2. The minimum Gasteiger partial charge on any atom is -0.310 e. The molecule has 1 heterocycles. The molecular formula is C57H39NS. The van der Waals surface area contributed by atoms with Crippen LogP contribution in [0.3, 0.4) is 0 Å². The van der Waals surface area contributed by atoms with Gasteiger partial charge in [0.2, 0.25) is 0 Å². The van der Waals surface area contributed by atoms with E-state index in [-0.39, 0.29) is 0 Å². The standard InChI is InChI=1S/C57H39NS/c1-5-16-43(17-6-1)57(44-18-7-2-8-19-44)52-26-14-13-24-51(52)56-48(25-15-27-53(56)57)42-33-30-40(31-34-42)28-29-41-32-36-49-50-37-35-47(39-55(50)59-54(49)38-41)58(45-20-9-3-10-21-45)46-22-11-4-12-23-46/h1-39H/b29-28+. The van der Waals surface area contributed by atoms with Gasteiger partial charge in [-0.1, -0.05) is 194 Å². The molecule has 1 aliphatic carbocycles. The molecule has 278 valence electrons. The fourth-order valence-corrected chi connectivity index (χ4v) is 10.5. The van der Waals surface area contributed by atoms with Gasteiger partial charge in [0.1, 0.15) is 0 Å². The van der Waals surface area contributed by atoms with Crippen molar-refractivity contribution in [3.63, 3.8) is 0 Å². The van der Waals surface area contributed by atoms with Crippen molar-refractivity contribution in [2.24, 2.45) is 0 Å². The smallest absolute Gasteiger partial charge is 0.0713 e. The Morgan fingerprint density at radius 3 is 1.54 bits per heavy atom. The maximum Gasteiger partial charge on any atom is 0.0713 e. The molecule has 10 aromatic rings. The van der Waals surface area contributed by atoms with Crippen LogP contribution in [0.1, 0.15) is 33.4 Å². The Morgan fingerprint density at radius 1 is 0.373 bits per heavy atom. The first-order chi connectivity index (χ1) is 29.3. The highest BCUT2D eigenvalue weighted by molar-refractivity contribution is 7.25. The monoisotopic (exact) mass is 769 g/mol. The van der Waals surface area contributed by atoms with E-state index >= 15 is 0 Å². The summed E-state index contributed by atoms with van der Waals surface area (Å²) in [4.78, 5) is 2.33. The van der Waals surface area contributed by atoms with Crippen LogP contribution in [-0.2, 0) is 5.41 Å². The predicted molar refractivity (Wildman–Crippen MR) is 252 cm³/mol. The Morgan fingerprint density at radius 2 is 0.881 bits per heavy atom. The molecule has 0 bridgehead atoms. The maximum absolute atomic E-state index is 2.34. The fourth-order valence-electron chi connectivity index (χ4n) is 9.33. The molecule has 0 aliphatic heterocycles. The van der Waals surface area contributed by atoms with Gasteiger partial charge in [-0.15, -0.1) is 11.3 Å². The van der Waals surface area contributed by atoms with Crippen LogP contribution in [0.15, 0.2) is 224 Å². The molecule has 9 aromatic carbocycles. The van der Waals surface area contributed by atoms with Crippen LogP contribution in [0.4, 0.5) is 17.1 Å². The first kappa shape index (κ1) is 34.9. The summed E-state index contributed by atoms with van der Waals surface area (Å²) in [5, 5.41) is 2.59. The maximum atomic E-state index is 2.34. The number of anilines is 3. The van der Waals surface area contributed by atoms with Crippen molar-refractivity contribution in [2.45, 2.75) is 5.41 Å². The van der Waals surface area contributed by atoms with E-state index in [1.807, 2.05) is 11.3 Å². The second-order valence-corrected chi connectivity index (χ2v) is 16.3. The van der Waals surface area contributed by atoms with Crippen molar-refractivity contribution in [2.75, 3.05) is 4.90 Å². The molecule has 1 nitrogen and oxygen atoms in total. The molecule has 0 unspecified atom stereocenters. The highest BCUT2D eigenvalue weighted by atomic mass is 32.1. The van der Waals surface area contributed by atoms with Crippen LogP contribution >= 0.6 is 11.3 Å². The van der Waals surface area contributed by atoms with Crippen molar-refractivity contribution in [1.29, 1.82) is 0 Å². The normalized spacial score (nSPS) is 12.8. The van der Waals surface area contributed by atoms with Crippen molar-refractivity contribution in [3.8, 4) is 22.3 Å². The highest BCUT2D eigenvalue weighted by Gasteiger charge is 2.46. The summed E-state index contributed by atoms with van der Waals surface area (Å²) in [5.74, 6) is 0. The molecule has 0 spiro atoms. The van der Waals surface area contributed by atoms with E-state index < -0.39 is 5.41 Å². The zero-order chi connectivity index (χ0) is 39.2. The summed E-state index contributed by atoms with van der Waals surface area (Å²) >= 11 is 1.86. The molecule has 0 saturated carbocycles. The Kier molecular flexibility index (Phi) is 8.65. The topological polar surface area (TPSA) is 3.24 Å². The molecule has 0 atom stereocenters. The Balaban J connectivity index is 0.917. The van der Waals surface area contributed by atoms with Crippen molar-refractivity contribution in [3.05, 3.63) is 258 Å². The summed E-state index contributed by atoms with van der Waals surface area (Å²) in [6.07, 6.45) is 4.47. The number of fused-ring (bicyclic) bond motifs is 6. The molecular weight excluding hydrogens is 731 g/mol. The summed E-state index contributed by atoms with van der Waals surface area (Å²) in [5.41, 5.74) is 15.7. The van der Waals surface area contributed by atoms with Gasteiger partial charge in [-0.3, -0.25) is 0 Å². The van der Waals surface area contributed by atoms with Crippen molar-refractivity contribution in [1.82, 2.24) is 0 Å². The van der Waals surface area contributed by atoms with Gasteiger partial charge in [0, 0.05) is 37.2 Å². The lowest BCUT2D eigenvalue weighted by Gasteiger charge is -2.34. The highest BCUT2D eigenvalue weighted by Crippen LogP contribution is 2.58. The van der Waals surface area contributed by atoms with Gasteiger partial charge in [0.25, 0.3) is 0 Å². The number of hydrogen-bond donors (Lipinski definition) is 0. The molecule has 0 amide bonds. The third-order valence-electron chi connectivity index (χ3n) is 11.9. The van der Waals surface area contributed by atoms with Crippen molar-refractivity contribution < 1.29 is 0 Å². The number of benzene rings is 9. The number of rotatable bonds is 8. The molecule has 2 heteroatoms. The van der Waals surface area contributed by atoms with Gasteiger partial charge in [0.15, 0.2) is 0 Å². The third-order valence-corrected chi connectivity index (χ3v) is 13.1. The Hall–Kier alpha value is -7.26. The van der Waals surface area contributed by atoms with Crippen LogP contribution in [-0.4, -0.2) is 0 Å². The van der Waals surface area contributed by atoms with E-state index in [1.54, 1.807) is 0 Å². The number of hydrogen-bond acceptors (Lipinski definition) is 2. The molecule has 59 heavy (non-hydrogen) atoms. The van der Waals surface area contributed by atoms with Gasteiger partial charge in [0.05, 0.1) is 5.41 Å². The summed E-state index contributed by atoms with van der Waals surface area (Å²) in [6.45, 7) is 0. The first-order valence-electron chi connectivity index (χ1n) is 20.3. The first-order valence-corrected chi connectivity index (χ1v) is 21.1. The lowest BCUT2D eigenvalue weighted by atomic mass is 9.67. The van der Waals surface area contributed by atoms with E-state index in [2.05, 4.69) is 242 Å². The minimum atomic E-state index is -0.407. The summed E-state index contributed by atoms with van der Waals surface area (Å²) in [7, 11) is 0. The number of para-hydroxylation sites is 2. The van der Waals surface area contributed by atoms with Gasteiger partial charge in [-0.25, -0.2) is 0 Å². The van der Waals surface area contributed by atoms with E-state index in [0.29, 0.717) is 0 Å². The molecule has 0 fully saturated rings. The number of nitrogens with zero attached hydrogens (tertiary/aromatic N) is 1. The predicted octanol–water partition coefficient (Wildman–Crippen LogP) is 15.7. The van der Waals surface area contributed by atoms with E-state index in [1.165, 1.54) is 75.8 Å². The second-order valence-electron chi connectivity index (χ2n) is 15.3. The van der Waals surface area contributed by atoms with Crippen molar-refractivity contribution >= 4 is 60.7 Å². The molecule has 1 aromatic heterocycles. The van der Waals surface area contributed by atoms with E-state index in [0.717, 1.165) is 17.1 Å². The molecule has 0 N–H and O–H groups in total. The molecule has 1 aliphatic rings. The van der Waals surface area contributed by atoms with Crippen LogP contribution < -0.4 is 4.90 Å². The average Bonchev–Trinajstić information content (AvgIpc) is 3.83. The van der Waals surface area contributed by atoms with Crippen LogP contribution in [0.5, 0.6) is 0 Å². The molecule has 0 radical (unpaired) electrons. The van der Waals surface area contributed by atoms with E-state index in [9.17, 15) is 0 Å². The number of thiophene rings is 1. The Labute approximate surface area is 349 Å². The minimum absolute atomic E-state index is 0.407. The van der Waals surface area contributed by atoms with Gasteiger partial charge in [-0.05, 0) is 98.1 Å². The van der Waals surface area contributed by atoms with E-state index in [4.69, 9.17) is 0 Å². The van der Waals surface area contributed by atoms with Gasteiger partial charge >= 0.3 is 0 Å². The quantitative estimate of drug-likeness (QED) is 0.139. The largest absolute Gasteiger partial charge is 0.310 e. The summed E-state index contributed by atoms with van der Waals surface area (Å²) in [6, 6.07) is 81.9. The Bertz CT molecular complexity index is 3050. The van der Waals surface area contributed by atoms with Crippen LogP contribution in [0.25, 0.3) is 54.6 Å². The van der Waals surface area contributed by atoms with Gasteiger partial charge < -0.3 is 4.90 Å². The third kappa shape index (κ3) is 5.92.